The van der Waals surface area contributed by atoms with Crippen molar-refractivity contribution >= 4 is 0 Å². The second kappa shape index (κ2) is 3.97. The van der Waals surface area contributed by atoms with Gasteiger partial charge in [0.15, 0.2) is 0 Å². The highest BCUT2D eigenvalue weighted by molar-refractivity contribution is 4.89. The fraction of sp³-hybridized carbons (Fsp3) is 1.00. The zero-order chi connectivity index (χ0) is 10.1. The summed E-state index contributed by atoms with van der Waals surface area (Å²) in [4.78, 5) is 2.60. The number of rotatable bonds is 2. The molecule has 13 heavy (non-hydrogen) atoms. The quantitative estimate of drug-likeness (QED) is 0.703. The first kappa shape index (κ1) is 11.0. The van der Waals surface area contributed by atoms with Crippen molar-refractivity contribution in [3.8, 4) is 0 Å². The third-order valence-electron chi connectivity index (χ3n) is 3.14. The largest absolute Gasteiger partial charge is 0.309 e. The molecule has 1 fully saturated rings. The van der Waals surface area contributed by atoms with Crippen molar-refractivity contribution in [2.75, 3.05) is 19.6 Å². The Labute approximate surface area is 82.7 Å². The van der Waals surface area contributed by atoms with Gasteiger partial charge in [0, 0.05) is 31.2 Å². The molecule has 1 heterocycles. The summed E-state index contributed by atoms with van der Waals surface area (Å²) in [5, 5.41) is 3.54. The Balaban J connectivity index is 2.51. The van der Waals surface area contributed by atoms with E-state index in [4.69, 9.17) is 0 Å². The number of hydrogen-bond donors (Lipinski definition) is 1. The third kappa shape index (κ3) is 2.96. The van der Waals surface area contributed by atoms with Gasteiger partial charge >= 0.3 is 0 Å². The van der Waals surface area contributed by atoms with E-state index in [2.05, 4.69) is 44.8 Å². The minimum Gasteiger partial charge on any atom is -0.309 e. The molecule has 1 aliphatic heterocycles. The summed E-state index contributed by atoms with van der Waals surface area (Å²) in [6.07, 6.45) is 0. The van der Waals surface area contributed by atoms with Crippen LogP contribution in [0.5, 0.6) is 0 Å². The highest BCUT2D eigenvalue weighted by Gasteiger charge is 2.28. The van der Waals surface area contributed by atoms with E-state index in [-0.39, 0.29) is 0 Å². The van der Waals surface area contributed by atoms with Crippen LogP contribution in [-0.2, 0) is 0 Å². The van der Waals surface area contributed by atoms with E-state index < -0.39 is 0 Å². The fourth-order valence-corrected chi connectivity index (χ4v) is 1.95. The van der Waals surface area contributed by atoms with Gasteiger partial charge in [0.1, 0.15) is 0 Å². The molecule has 1 aliphatic rings. The van der Waals surface area contributed by atoms with Crippen molar-refractivity contribution < 1.29 is 0 Å². The monoisotopic (exact) mass is 184 g/mol. The second-order valence-electron chi connectivity index (χ2n) is 5.27. The Kier molecular flexibility index (Phi) is 3.36. The summed E-state index contributed by atoms with van der Waals surface area (Å²) in [6.45, 7) is 15.0. The molecule has 0 aromatic carbocycles. The summed E-state index contributed by atoms with van der Waals surface area (Å²) in [6, 6.07) is 0.710. The van der Waals surface area contributed by atoms with E-state index in [9.17, 15) is 0 Å². The van der Waals surface area contributed by atoms with Crippen LogP contribution in [0.2, 0.25) is 0 Å². The maximum Gasteiger partial charge on any atom is 0.0252 e. The van der Waals surface area contributed by atoms with E-state index in [0.29, 0.717) is 11.6 Å². The highest BCUT2D eigenvalue weighted by Crippen LogP contribution is 2.16. The number of nitrogens with zero attached hydrogens (tertiary/aromatic N) is 1. The van der Waals surface area contributed by atoms with Crippen molar-refractivity contribution in [2.45, 2.75) is 46.2 Å². The van der Waals surface area contributed by atoms with Crippen LogP contribution in [0, 0.1) is 5.92 Å². The first-order chi connectivity index (χ1) is 5.92. The molecule has 1 saturated heterocycles. The normalized spacial score (nSPS) is 26.3. The second-order valence-corrected chi connectivity index (χ2v) is 5.27. The summed E-state index contributed by atoms with van der Waals surface area (Å²) in [7, 11) is 0. The van der Waals surface area contributed by atoms with Gasteiger partial charge in [-0.1, -0.05) is 13.8 Å². The van der Waals surface area contributed by atoms with Crippen molar-refractivity contribution in [3.63, 3.8) is 0 Å². The maximum atomic E-state index is 3.54. The fourth-order valence-electron chi connectivity index (χ4n) is 1.95. The molecule has 78 valence electrons. The van der Waals surface area contributed by atoms with Gasteiger partial charge in [0.25, 0.3) is 0 Å². The van der Waals surface area contributed by atoms with Gasteiger partial charge < -0.3 is 5.32 Å². The lowest BCUT2D eigenvalue weighted by Gasteiger charge is -2.43. The SMILES string of the molecule is CC(C)C(C)N1CCNC(C)(C)C1. The minimum absolute atomic E-state index is 0.293. The lowest BCUT2D eigenvalue weighted by Crippen LogP contribution is -2.59. The average Bonchev–Trinajstić information content (AvgIpc) is 2.01. The topological polar surface area (TPSA) is 15.3 Å². The third-order valence-corrected chi connectivity index (χ3v) is 3.14. The Bertz CT molecular complexity index is 163. The first-order valence-corrected chi connectivity index (χ1v) is 5.41. The van der Waals surface area contributed by atoms with Gasteiger partial charge in [0.05, 0.1) is 0 Å². The van der Waals surface area contributed by atoms with Crippen molar-refractivity contribution in [3.05, 3.63) is 0 Å². The lowest BCUT2D eigenvalue weighted by atomic mass is 9.97. The van der Waals surface area contributed by atoms with Crippen molar-refractivity contribution in [1.82, 2.24) is 10.2 Å². The molecular formula is C11H24N2. The standard InChI is InChI=1S/C11H24N2/c1-9(2)10(3)13-7-6-12-11(4,5)8-13/h9-10,12H,6-8H2,1-5H3. The molecule has 0 aliphatic carbocycles. The molecule has 1 N–H and O–H groups in total. The van der Waals surface area contributed by atoms with E-state index in [0.717, 1.165) is 12.5 Å². The number of piperazine rings is 1. The average molecular weight is 184 g/mol. The molecule has 2 nitrogen and oxygen atoms in total. The molecule has 0 radical (unpaired) electrons. The van der Waals surface area contributed by atoms with Gasteiger partial charge in [-0.3, -0.25) is 4.90 Å². The molecule has 0 aromatic heterocycles. The summed E-state index contributed by atoms with van der Waals surface area (Å²) in [5.41, 5.74) is 0.293. The summed E-state index contributed by atoms with van der Waals surface area (Å²) >= 11 is 0. The van der Waals surface area contributed by atoms with E-state index in [1.165, 1.54) is 13.1 Å². The molecule has 1 rings (SSSR count). The molecule has 0 bridgehead atoms. The first-order valence-electron chi connectivity index (χ1n) is 5.41. The zero-order valence-corrected chi connectivity index (χ0v) is 9.72. The van der Waals surface area contributed by atoms with Crippen molar-refractivity contribution in [2.24, 2.45) is 5.92 Å². The van der Waals surface area contributed by atoms with Gasteiger partial charge in [-0.2, -0.15) is 0 Å². The Hall–Kier alpha value is -0.0800. The number of hydrogen-bond acceptors (Lipinski definition) is 2. The molecule has 0 spiro atoms. The molecule has 1 unspecified atom stereocenters. The van der Waals surface area contributed by atoms with Gasteiger partial charge in [-0.25, -0.2) is 0 Å². The predicted octanol–water partition coefficient (Wildman–Crippen LogP) is 1.71. The molecule has 0 saturated carbocycles. The Morgan fingerprint density at radius 2 is 1.85 bits per heavy atom. The Morgan fingerprint density at radius 1 is 1.23 bits per heavy atom. The van der Waals surface area contributed by atoms with Crippen LogP contribution in [0.1, 0.15) is 34.6 Å². The molecular weight excluding hydrogens is 160 g/mol. The maximum absolute atomic E-state index is 3.54. The van der Waals surface area contributed by atoms with Crippen LogP contribution in [-0.4, -0.2) is 36.1 Å². The molecule has 0 amide bonds. The van der Waals surface area contributed by atoms with E-state index >= 15 is 0 Å². The highest BCUT2D eigenvalue weighted by atomic mass is 15.2. The molecule has 0 aromatic rings. The number of nitrogens with one attached hydrogen (secondary N) is 1. The summed E-state index contributed by atoms with van der Waals surface area (Å²) < 4.78 is 0. The van der Waals surface area contributed by atoms with Crippen LogP contribution in [0.15, 0.2) is 0 Å². The van der Waals surface area contributed by atoms with Crippen LogP contribution in [0.25, 0.3) is 0 Å². The minimum atomic E-state index is 0.293. The van der Waals surface area contributed by atoms with E-state index in [1.54, 1.807) is 0 Å². The van der Waals surface area contributed by atoms with E-state index in [1.807, 2.05) is 0 Å². The van der Waals surface area contributed by atoms with Crippen LogP contribution < -0.4 is 5.32 Å². The van der Waals surface area contributed by atoms with Gasteiger partial charge in [-0.05, 0) is 26.7 Å². The van der Waals surface area contributed by atoms with Crippen LogP contribution in [0.3, 0.4) is 0 Å². The molecule has 1 atom stereocenters. The lowest BCUT2D eigenvalue weighted by molar-refractivity contribution is 0.0942. The smallest absolute Gasteiger partial charge is 0.0252 e. The van der Waals surface area contributed by atoms with Gasteiger partial charge in [-0.15, -0.1) is 0 Å². The Morgan fingerprint density at radius 3 is 2.31 bits per heavy atom. The summed E-state index contributed by atoms with van der Waals surface area (Å²) in [5.74, 6) is 0.758. The van der Waals surface area contributed by atoms with Crippen LogP contribution >= 0.6 is 0 Å². The molecule has 2 heteroatoms. The predicted molar refractivity (Wildman–Crippen MR) is 58.0 cm³/mol. The van der Waals surface area contributed by atoms with Gasteiger partial charge in [0.2, 0.25) is 0 Å². The zero-order valence-electron chi connectivity index (χ0n) is 9.72. The van der Waals surface area contributed by atoms with Crippen molar-refractivity contribution in [1.29, 1.82) is 0 Å². The van der Waals surface area contributed by atoms with Crippen LogP contribution in [0.4, 0.5) is 0 Å².